The van der Waals surface area contributed by atoms with Crippen LogP contribution in [-0.4, -0.2) is 5.91 Å². The number of rotatable bonds is 4. The van der Waals surface area contributed by atoms with Crippen LogP contribution in [-0.2, 0) is 11.0 Å². The van der Waals surface area contributed by atoms with Crippen molar-refractivity contribution in [1.82, 2.24) is 0 Å². The molecule has 0 heterocycles. The first-order valence-corrected chi connectivity index (χ1v) is 6.88. The van der Waals surface area contributed by atoms with Crippen LogP contribution in [0.5, 0.6) is 0 Å². The Balaban J connectivity index is 1.95. The van der Waals surface area contributed by atoms with Crippen LogP contribution >= 0.6 is 0 Å². The van der Waals surface area contributed by atoms with E-state index >= 15 is 0 Å². The van der Waals surface area contributed by atoms with Crippen molar-refractivity contribution < 1.29 is 18.0 Å². The Bertz CT molecular complexity index is 621. The molecule has 0 aliphatic rings. The van der Waals surface area contributed by atoms with Gasteiger partial charge in [0.2, 0.25) is 5.91 Å². The van der Waals surface area contributed by atoms with Crippen LogP contribution < -0.4 is 5.32 Å². The summed E-state index contributed by atoms with van der Waals surface area (Å²) in [5.74, 6) is -0.188. The second-order valence-corrected chi connectivity index (χ2v) is 5.14. The number of hydrogen-bond acceptors (Lipinski definition) is 1. The molecule has 0 aliphatic carbocycles. The first-order chi connectivity index (χ1) is 10.4. The van der Waals surface area contributed by atoms with E-state index in [1.165, 1.54) is 12.1 Å². The fourth-order valence-electron chi connectivity index (χ4n) is 2.13. The monoisotopic (exact) mass is 307 g/mol. The maximum absolute atomic E-state index is 12.5. The van der Waals surface area contributed by atoms with Crippen LogP contribution in [0.4, 0.5) is 18.9 Å². The third-order valence-electron chi connectivity index (χ3n) is 3.36. The zero-order valence-electron chi connectivity index (χ0n) is 12.0. The minimum absolute atomic E-state index is 0.0376. The number of amides is 1. The molecule has 5 heteroatoms. The van der Waals surface area contributed by atoms with E-state index < -0.39 is 11.7 Å². The highest BCUT2D eigenvalue weighted by molar-refractivity contribution is 5.91. The van der Waals surface area contributed by atoms with Crippen molar-refractivity contribution in [2.24, 2.45) is 0 Å². The molecule has 0 spiro atoms. The predicted octanol–water partition coefficient (Wildman–Crippen LogP) is 4.84. The van der Waals surface area contributed by atoms with Crippen molar-refractivity contribution >= 4 is 11.6 Å². The first-order valence-electron chi connectivity index (χ1n) is 6.88. The highest BCUT2D eigenvalue weighted by Crippen LogP contribution is 2.30. The van der Waals surface area contributed by atoms with Gasteiger partial charge in [0.25, 0.3) is 0 Å². The van der Waals surface area contributed by atoms with Gasteiger partial charge in [-0.05, 0) is 35.7 Å². The van der Waals surface area contributed by atoms with Crippen LogP contribution in [0.3, 0.4) is 0 Å². The van der Waals surface area contributed by atoms with E-state index in [1.807, 2.05) is 37.3 Å². The van der Waals surface area contributed by atoms with Gasteiger partial charge in [-0.15, -0.1) is 0 Å². The summed E-state index contributed by atoms with van der Waals surface area (Å²) in [4.78, 5) is 11.9. The largest absolute Gasteiger partial charge is 0.416 e. The lowest BCUT2D eigenvalue weighted by molar-refractivity contribution is -0.137. The van der Waals surface area contributed by atoms with Gasteiger partial charge in [0.1, 0.15) is 0 Å². The number of alkyl halides is 3. The van der Waals surface area contributed by atoms with Crippen molar-refractivity contribution in [3.63, 3.8) is 0 Å². The quantitative estimate of drug-likeness (QED) is 0.860. The molecule has 1 atom stereocenters. The highest BCUT2D eigenvalue weighted by Gasteiger charge is 2.29. The number of halogens is 3. The maximum Gasteiger partial charge on any atom is 0.416 e. The van der Waals surface area contributed by atoms with Crippen LogP contribution in [0.15, 0.2) is 54.6 Å². The second-order valence-electron chi connectivity index (χ2n) is 5.14. The SMILES string of the molecule is C[C@H](CC(=O)Nc1ccc(C(F)(F)F)cc1)c1ccccc1. The van der Waals surface area contributed by atoms with Gasteiger partial charge < -0.3 is 5.32 Å². The molecule has 2 aromatic carbocycles. The molecule has 0 aliphatic heterocycles. The van der Waals surface area contributed by atoms with Gasteiger partial charge in [-0.3, -0.25) is 4.79 Å². The van der Waals surface area contributed by atoms with E-state index in [9.17, 15) is 18.0 Å². The molecule has 0 fully saturated rings. The third kappa shape index (κ3) is 4.35. The topological polar surface area (TPSA) is 29.1 Å². The van der Waals surface area contributed by atoms with Crippen LogP contribution in [0.2, 0.25) is 0 Å². The molecule has 0 aromatic heterocycles. The molecule has 0 saturated heterocycles. The molecule has 2 rings (SSSR count). The van der Waals surface area contributed by atoms with Crippen LogP contribution in [0, 0.1) is 0 Å². The van der Waals surface area contributed by atoms with Gasteiger partial charge >= 0.3 is 6.18 Å². The second kappa shape index (κ2) is 6.64. The number of nitrogens with one attached hydrogen (secondary N) is 1. The minimum Gasteiger partial charge on any atom is -0.326 e. The molecule has 2 aromatic rings. The lowest BCUT2D eigenvalue weighted by Gasteiger charge is -2.12. The summed E-state index contributed by atoms with van der Waals surface area (Å²) in [5, 5.41) is 2.61. The molecule has 0 radical (unpaired) electrons. The summed E-state index contributed by atoms with van der Waals surface area (Å²) in [5.41, 5.74) is 0.673. The molecule has 116 valence electrons. The summed E-state index contributed by atoms with van der Waals surface area (Å²) < 4.78 is 37.4. The fourth-order valence-corrected chi connectivity index (χ4v) is 2.13. The van der Waals surface area contributed by atoms with E-state index in [2.05, 4.69) is 5.32 Å². The lowest BCUT2D eigenvalue weighted by Crippen LogP contribution is -2.14. The highest BCUT2D eigenvalue weighted by atomic mass is 19.4. The molecular weight excluding hydrogens is 291 g/mol. The minimum atomic E-state index is -4.37. The average molecular weight is 307 g/mol. The zero-order chi connectivity index (χ0) is 16.2. The summed E-state index contributed by atoms with van der Waals surface area (Å²) in [6.07, 6.45) is -4.10. The van der Waals surface area contributed by atoms with Gasteiger partial charge in [-0.25, -0.2) is 0 Å². The fraction of sp³-hybridized carbons (Fsp3) is 0.235. The summed E-state index contributed by atoms with van der Waals surface area (Å²) in [6.45, 7) is 1.93. The van der Waals surface area contributed by atoms with Crippen molar-refractivity contribution in [2.75, 3.05) is 5.32 Å². The number of anilines is 1. The molecule has 0 unspecified atom stereocenters. The van der Waals surface area contributed by atoms with E-state index in [0.717, 1.165) is 17.7 Å². The number of carbonyl (C=O) groups excluding carboxylic acids is 1. The van der Waals surface area contributed by atoms with Crippen molar-refractivity contribution in [1.29, 1.82) is 0 Å². The van der Waals surface area contributed by atoms with E-state index in [-0.39, 0.29) is 18.2 Å². The molecule has 1 N–H and O–H groups in total. The number of carbonyl (C=O) groups is 1. The van der Waals surface area contributed by atoms with Crippen LogP contribution in [0.1, 0.15) is 30.4 Å². The van der Waals surface area contributed by atoms with E-state index in [0.29, 0.717) is 5.69 Å². The number of benzene rings is 2. The average Bonchev–Trinajstić information content (AvgIpc) is 2.47. The first kappa shape index (κ1) is 16.1. The molecule has 2 nitrogen and oxygen atoms in total. The Morgan fingerprint density at radius 2 is 1.64 bits per heavy atom. The molecule has 22 heavy (non-hydrogen) atoms. The van der Waals surface area contributed by atoms with Gasteiger partial charge in [0.05, 0.1) is 5.56 Å². The third-order valence-corrected chi connectivity index (χ3v) is 3.36. The predicted molar refractivity (Wildman–Crippen MR) is 79.5 cm³/mol. The Hall–Kier alpha value is -2.30. The van der Waals surface area contributed by atoms with Crippen molar-refractivity contribution in [3.05, 3.63) is 65.7 Å². The smallest absolute Gasteiger partial charge is 0.326 e. The Kier molecular flexibility index (Phi) is 4.85. The zero-order valence-corrected chi connectivity index (χ0v) is 12.0. The van der Waals surface area contributed by atoms with E-state index in [1.54, 1.807) is 0 Å². The molecular formula is C17H16F3NO. The molecule has 0 bridgehead atoms. The maximum atomic E-state index is 12.5. The standard InChI is InChI=1S/C17H16F3NO/c1-12(13-5-3-2-4-6-13)11-16(22)21-15-9-7-14(8-10-15)17(18,19)20/h2-10,12H,11H2,1H3,(H,21,22)/t12-/m1/s1. The van der Waals surface area contributed by atoms with Gasteiger partial charge in [0, 0.05) is 12.1 Å². The van der Waals surface area contributed by atoms with E-state index in [4.69, 9.17) is 0 Å². The van der Waals surface area contributed by atoms with Crippen molar-refractivity contribution in [2.45, 2.75) is 25.4 Å². The van der Waals surface area contributed by atoms with Gasteiger partial charge in [-0.1, -0.05) is 37.3 Å². The lowest BCUT2D eigenvalue weighted by atomic mass is 9.97. The Labute approximate surface area is 127 Å². The van der Waals surface area contributed by atoms with Crippen molar-refractivity contribution in [3.8, 4) is 0 Å². The Morgan fingerprint density at radius 3 is 2.18 bits per heavy atom. The molecule has 0 saturated carbocycles. The summed E-state index contributed by atoms with van der Waals surface area (Å²) in [7, 11) is 0. The molecule has 1 amide bonds. The number of hydrogen-bond donors (Lipinski definition) is 1. The normalized spacial score (nSPS) is 12.7. The summed E-state index contributed by atoms with van der Waals surface area (Å²) in [6, 6.07) is 14.0. The van der Waals surface area contributed by atoms with Crippen LogP contribution in [0.25, 0.3) is 0 Å². The summed E-state index contributed by atoms with van der Waals surface area (Å²) >= 11 is 0. The van der Waals surface area contributed by atoms with Gasteiger partial charge in [0.15, 0.2) is 0 Å². The van der Waals surface area contributed by atoms with Gasteiger partial charge in [-0.2, -0.15) is 13.2 Å². The Morgan fingerprint density at radius 1 is 1.05 bits per heavy atom.